The van der Waals surface area contributed by atoms with Gasteiger partial charge in [0.2, 0.25) is 5.95 Å². The summed E-state index contributed by atoms with van der Waals surface area (Å²) in [6.07, 6.45) is 3.38. The van der Waals surface area contributed by atoms with Gasteiger partial charge in [0.15, 0.2) is 9.84 Å². The van der Waals surface area contributed by atoms with Gasteiger partial charge in [0.1, 0.15) is 28.6 Å². The van der Waals surface area contributed by atoms with Crippen molar-refractivity contribution in [3.8, 4) is 39.4 Å². The summed E-state index contributed by atoms with van der Waals surface area (Å²) in [5, 5.41) is 7.96. The van der Waals surface area contributed by atoms with Crippen LogP contribution in [0, 0.1) is 11.6 Å². The molecule has 13 heteroatoms. The quantitative estimate of drug-likeness (QED) is 0.178. The molecule has 6 aromatic rings. The fourth-order valence-corrected chi connectivity index (χ4v) is 6.14. The molecule has 0 saturated heterocycles. The zero-order valence-corrected chi connectivity index (χ0v) is 26.1. The lowest BCUT2D eigenvalue weighted by atomic mass is 9.97. The lowest BCUT2D eigenvalue weighted by Crippen LogP contribution is -2.16. The van der Waals surface area contributed by atoms with E-state index in [9.17, 15) is 17.6 Å². The Balaban J connectivity index is 1.41. The molecule has 238 valence electrons. The van der Waals surface area contributed by atoms with Gasteiger partial charge in [-0.1, -0.05) is 37.3 Å². The van der Waals surface area contributed by atoms with Crippen molar-refractivity contribution in [2.24, 2.45) is 5.73 Å². The van der Waals surface area contributed by atoms with E-state index >= 15 is 4.39 Å². The van der Waals surface area contributed by atoms with Crippen LogP contribution in [0.4, 0.5) is 20.4 Å². The number of aromatic nitrogens is 4. The molecule has 3 N–H and O–H groups in total. The van der Waals surface area contributed by atoms with Crippen LogP contribution in [0.3, 0.4) is 0 Å². The first kappa shape index (κ1) is 31.3. The van der Waals surface area contributed by atoms with E-state index in [4.69, 9.17) is 20.6 Å². The zero-order chi connectivity index (χ0) is 33.3. The molecule has 1 amide bonds. The van der Waals surface area contributed by atoms with Gasteiger partial charge >= 0.3 is 0 Å². The van der Waals surface area contributed by atoms with Gasteiger partial charge in [-0.05, 0) is 59.7 Å². The van der Waals surface area contributed by atoms with Crippen molar-refractivity contribution < 1.29 is 26.7 Å². The van der Waals surface area contributed by atoms with Crippen molar-refractivity contribution in [1.29, 1.82) is 0 Å². The largest absolute Gasteiger partial charge is 0.495 e. The molecular weight excluding hydrogens is 626 g/mol. The van der Waals surface area contributed by atoms with Gasteiger partial charge in [-0.25, -0.2) is 31.7 Å². The Morgan fingerprint density at radius 3 is 2.57 bits per heavy atom. The van der Waals surface area contributed by atoms with E-state index in [0.717, 1.165) is 11.6 Å². The summed E-state index contributed by atoms with van der Waals surface area (Å²) >= 11 is 0. The molecule has 0 aliphatic rings. The molecular formula is C34H28F2N6O4S. The SMILES string of the molecule is CCS(=O)(=O)Cc1ccc(Nc2nccc(-c3c(-c4cccc(-c5ccc(F)c(C(N)=O)c5F)c4)nn4ccccc34)n2)c(OC)c1. The van der Waals surface area contributed by atoms with Gasteiger partial charge in [-0.15, -0.1) is 0 Å². The number of methoxy groups -OCH3 is 1. The number of nitrogens with zero attached hydrogens (tertiary/aromatic N) is 4. The summed E-state index contributed by atoms with van der Waals surface area (Å²) in [7, 11) is -1.75. The molecule has 0 aliphatic carbocycles. The molecule has 0 atom stereocenters. The predicted octanol–water partition coefficient (Wildman–Crippen LogP) is 6.19. The maximum Gasteiger partial charge on any atom is 0.254 e. The molecule has 0 saturated carbocycles. The Labute approximate surface area is 268 Å². The van der Waals surface area contributed by atoms with Crippen LogP contribution in [-0.4, -0.2) is 46.8 Å². The van der Waals surface area contributed by atoms with Crippen LogP contribution in [0.1, 0.15) is 22.8 Å². The summed E-state index contributed by atoms with van der Waals surface area (Å²) in [6, 6.07) is 21.5. The van der Waals surface area contributed by atoms with Crippen LogP contribution in [0.5, 0.6) is 5.75 Å². The number of hydrogen-bond donors (Lipinski definition) is 2. The van der Waals surface area contributed by atoms with E-state index in [-0.39, 0.29) is 23.0 Å². The number of carbonyl (C=O) groups excluding carboxylic acids is 1. The van der Waals surface area contributed by atoms with Gasteiger partial charge in [-0.3, -0.25) is 4.79 Å². The van der Waals surface area contributed by atoms with Crippen molar-refractivity contribution in [3.05, 3.63) is 114 Å². The number of primary amides is 1. The van der Waals surface area contributed by atoms with Gasteiger partial charge in [0, 0.05) is 29.3 Å². The third kappa shape index (κ3) is 6.25. The monoisotopic (exact) mass is 654 g/mol. The van der Waals surface area contributed by atoms with Gasteiger partial charge in [-0.2, -0.15) is 5.10 Å². The molecule has 0 spiro atoms. The lowest BCUT2D eigenvalue weighted by molar-refractivity contribution is 0.0992. The third-order valence-electron chi connectivity index (χ3n) is 7.58. The van der Waals surface area contributed by atoms with E-state index in [1.54, 1.807) is 72.4 Å². The number of nitrogens with one attached hydrogen (secondary N) is 1. The molecule has 47 heavy (non-hydrogen) atoms. The Hall–Kier alpha value is -5.69. The number of anilines is 2. The number of hydrogen-bond acceptors (Lipinski definition) is 8. The molecule has 10 nitrogen and oxygen atoms in total. The number of sulfone groups is 1. The van der Waals surface area contributed by atoms with Crippen LogP contribution < -0.4 is 15.8 Å². The maximum absolute atomic E-state index is 15.3. The van der Waals surface area contributed by atoms with Crippen LogP contribution in [-0.2, 0) is 15.6 Å². The number of ether oxygens (including phenoxy) is 1. The second kappa shape index (κ2) is 12.6. The number of carbonyl (C=O) groups is 1. The Kier molecular flexibility index (Phi) is 8.39. The van der Waals surface area contributed by atoms with Gasteiger partial charge < -0.3 is 15.8 Å². The summed E-state index contributed by atoms with van der Waals surface area (Å²) in [6.45, 7) is 1.60. The predicted molar refractivity (Wildman–Crippen MR) is 175 cm³/mol. The van der Waals surface area contributed by atoms with Crippen LogP contribution >= 0.6 is 0 Å². The number of rotatable bonds is 10. The average Bonchev–Trinajstić information content (AvgIpc) is 3.45. The summed E-state index contributed by atoms with van der Waals surface area (Å²) < 4.78 is 61.0. The highest BCUT2D eigenvalue weighted by molar-refractivity contribution is 7.90. The third-order valence-corrected chi connectivity index (χ3v) is 9.23. The Morgan fingerprint density at radius 1 is 1.00 bits per heavy atom. The molecule has 0 radical (unpaired) electrons. The number of pyridine rings is 1. The number of benzene rings is 3. The first-order valence-corrected chi connectivity index (χ1v) is 16.2. The van der Waals surface area contributed by atoms with Crippen molar-refractivity contribution in [2.75, 3.05) is 18.2 Å². The smallest absolute Gasteiger partial charge is 0.254 e. The number of amides is 1. The van der Waals surface area contributed by atoms with Crippen molar-refractivity contribution in [1.82, 2.24) is 19.6 Å². The van der Waals surface area contributed by atoms with Crippen LogP contribution in [0.2, 0.25) is 0 Å². The molecule has 3 heterocycles. The average molecular weight is 655 g/mol. The highest BCUT2D eigenvalue weighted by Crippen LogP contribution is 2.37. The molecule has 0 bridgehead atoms. The van der Waals surface area contributed by atoms with E-state index in [1.807, 2.05) is 18.2 Å². The van der Waals surface area contributed by atoms with E-state index in [1.165, 1.54) is 13.2 Å². The molecule has 0 unspecified atom stereocenters. The minimum Gasteiger partial charge on any atom is -0.495 e. The fraction of sp³-hybridized carbons (Fsp3) is 0.118. The minimum atomic E-state index is -3.23. The van der Waals surface area contributed by atoms with Crippen LogP contribution in [0.15, 0.2) is 91.3 Å². The number of nitrogens with two attached hydrogens (primary N) is 1. The van der Waals surface area contributed by atoms with Crippen molar-refractivity contribution in [2.45, 2.75) is 12.7 Å². The van der Waals surface area contributed by atoms with E-state index in [2.05, 4.69) is 10.3 Å². The minimum absolute atomic E-state index is 0.00754. The lowest BCUT2D eigenvalue weighted by Gasteiger charge is -2.13. The first-order chi connectivity index (χ1) is 22.6. The summed E-state index contributed by atoms with van der Waals surface area (Å²) in [4.78, 5) is 20.9. The Bertz CT molecular complexity index is 2270. The fourth-order valence-electron chi connectivity index (χ4n) is 5.25. The standard InChI is InChI=1S/C34H28F2N6O4S/c1-3-47(44,45)19-20-10-13-25(28(17-20)46-2)39-34-38-15-14-26(40-34)30-27-9-4-5-16-42(27)41-32(30)22-8-6-7-21(18-22)23-11-12-24(35)29(31(23)36)33(37)43/h4-18H,3,19H2,1-2H3,(H2,37,43)(H,38,39,40). The first-order valence-electron chi connectivity index (χ1n) is 14.4. The van der Waals surface area contributed by atoms with E-state index in [0.29, 0.717) is 45.1 Å². The topological polar surface area (TPSA) is 142 Å². The van der Waals surface area contributed by atoms with Crippen molar-refractivity contribution in [3.63, 3.8) is 0 Å². The number of halogens is 2. The second-order valence-corrected chi connectivity index (χ2v) is 12.9. The molecule has 0 fully saturated rings. The second-order valence-electron chi connectivity index (χ2n) is 10.6. The highest BCUT2D eigenvalue weighted by Gasteiger charge is 2.22. The highest BCUT2D eigenvalue weighted by atomic mass is 32.2. The maximum atomic E-state index is 15.3. The Morgan fingerprint density at radius 2 is 1.81 bits per heavy atom. The zero-order valence-electron chi connectivity index (χ0n) is 25.2. The molecule has 6 rings (SSSR count). The molecule has 3 aromatic carbocycles. The van der Waals surface area contributed by atoms with Gasteiger partial charge in [0.25, 0.3) is 5.91 Å². The van der Waals surface area contributed by atoms with Gasteiger partial charge in [0.05, 0.1) is 35.3 Å². The summed E-state index contributed by atoms with van der Waals surface area (Å²) in [5.74, 6) is -2.70. The molecule has 3 aromatic heterocycles. The van der Waals surface area contributed by atoms with Crippen LogP contribution in [0.25, 0.3) is 39.2 Å². The normalized spacial score (nSPS) is 11.5. The van der Waals surface area contributed by atoms with E-state index < -0.39 is 32.9 Å². The molecule has 0 aliphatic heterocycles. The van der Waals surface area contributed by atoms with Crippen molar-refractivity contribution >= 4 is 32.9 Å². The number of fused-ring (bicyclic) bond motifs is 1. The summed E-state index contributed by atoms with van der Waals surface area (Å²) in [5.41, 5.74) is 9.02.